The Balaban J connectivity index is 2.27. The first-order valence-electron chi connectivity index (χ1n) is 4.96. The molecule has 1 aliphatic rings. The summed E-state index contributed by atoms with van der Waals surface area (Å²) in [6.45, 7) is 1.67. The van der Waals surface area contributed by atoms with E-state index >= 15 is 0 Å². The second-order valence-electron chi connectivity index (χ2n) is 3.79. The van der Waals surface area contributed by atoms with Gasteiger partial charge in [0.25, 0.3) is 0 Å². The average molecular weight is 193 g/mol. The molecule has 0 saturated carbocycles. The van der Waals surface area contributed by atoms with Crippen LogP contribution in [0.2, 0.25) is 0 Å². The summed E-state index contributed by atoms with van der Waals surface area (Å²) < 4.78 is 5.32. The molecule has 3 nitrogen and oxygen atoms in total. The maximum atomic E-state index is 9.52. The Morgan fingerprint density at radius 3 is 2.50 bits per heavy atom. The van der Waals surface area contributed by atoms with Gasteiger partial charge in [0.15, 0.2) is 0 Å². The van der Waals surface area contributed by atoms with Crippen molar-refractivity contribution in [3.8, 4) is 0 Å². The summed E-state index contributed by atoms with van der Waals surface area (Å²) >= 11 is 0. The number of hydrogen-bond donors (Lipinski definition) is 1. The van der Waals surface area contributed by atoms with Crippen LogP contribution in [0.1, 0.15) is 18.4 Å². The predicted molar refractivity (Wildman–Crippen MR) is 53.1 cm³/mol. The maximum Gasteiger partial charge on any atom is 0.0529 e. The van der Waals surface area contributed by atoms with Crippen LogP contribution in [-0.4, -0.2) is 29.9 Å². The van der Waals surface area contributed by atoms with Crippen molar-refractivity contribution in [2.24, 2.45) is 0 Å². The van der Waals surface area contributed by atoms with E-state index < -0.39 is 0 Å². The molecule has 0 amide bonds. The molecule has 3 heteroatoms. The molecule has 0 atom stereocenters. The molecule has 1 N–H and O–H groups in total. The molecule has 0 unspecified atom stereocenters. The smallest absolute Gasteiger partial charge is 0.0529 e. The van der Waals surface area contributed by atoms with Gasteiger partial charge < -0.3 is 9.84 Å². The van der Waals surface area contributed by atoms with Crippen LogP contribution in [0.5, 0.6) is 0 Å². The number of hydrogen-bond acceptors (Lipinski definition) is 3. The summed E-state index contributed by atoms with van der Waals surface area (Å²) in [4.78, 5) is 3.99. The minimum atomic E-state index is -0.0960. The topological polar surface area (TPSA) is 42.4 Å². The van der Waals surface area contributed by atoms with Crippen molar-refractivity contribution >= 4 is 0 Å². The minimum Gasteiger partial charge on any atom is -0.395 e. The first kappa shape index (κ1) is 9.62. The molecule has 76 valence electrons. The van der Waals surface area contributed by atoms with Crippen LogP contribution < -0.4 is 0 Å². The van der Waals surface area contributed by atoms with Crippen LogP contribution in [0, 0.1) is 0 Å². The highest BCUT2D eigenvalue weighted by Gasteiger charge is 2.33. The predicted octanol–water partition coefficient (Wildman–Crippen LogP) is 1.12. The standard InChI is InChI=1S/C11H15NO2/c13-9-11(3-7-14-8-4-11)10-1-5-12-6-2-10/h1-2,5-6,13H,3-4,7-9H2. The fraction of sp³-hybridized carbons (Fsp3) is 0.545. The van der Waals surface area contributed by atoms with E-state index in [1.165, 1.54) is 5.56 Å². The van der Waals surface area contributed by atoms with Crippen LogP contribution >= 0.6 is 0 Å². The fourth-order valence-corrected chi connectivity index (χ4v) is 2.01. The van der Waals surface area contributed by atoms with E-state index in [2.05, 4.69) is 4.98 Å². The third kappa shape index (κ3) is 1.65. The Labute approximate surface area is 83.7 Å². The highest BCUT2D eigenvalue weighted by Crippen LogP contribution is 2.33. The number of pyridine rings is 1. The van der Waals surface area contributed by atoms with E-state index in [0.717, 1.165) is 26.1 Å². The molecule has 1 aromatic rings. The molecule has 1 aliphatic heterocycles. The van der Waals surface area contributed by atoms with Gasteiger partial charge >= 0.3 is 0 Å². The summed E-state index contributed by atoms with van der Waals surface area (Å²) in [6.07, 6.45) is 5.35. The lowest BCUT2D eigenvalue weighted by Crippen LogP contribution is -2.37. The van der Waals surface area contributed by atoms with Gasteiger partial charge in [-0.1, -0.05) is 0 Å². The van der Waals surface area contributed by atoms with E-state index in [1.807, 2.05) is 12.1 Å². The quantitative estimate of drug-likeness (QED) is 0.765. The fourth-order valence-electron chi connectivity index (χ4n) is 2.01. The van der Waals surface area contributed by atoms with Crippen LogP contribution in [0.4, 0.5) is 0 Å². The molecular formula is C11H15NO2. The highest BCUT2D eigenvalue weighted by atomic mass is 16.5. The molecule has 2 rings (SSSR count). The highest BCUT2D eigenvalue weighted by molar-refractivity contribution is 5.23. The first-order valence-corrected chi connectivity index (χ1v) is 4.96. The van der Waals surface area contributed by atoms with E-state index in [4.69, 9.17) is 4.74 Å². The van der Waals surface area contributed by atoms with Gasteiger partial charge in [-0.15, -0.1) is 0 Å². The molecule has 1 fully saturated rings. The van der Waals surface area contributed by atoms with Gasteiger partial charge in [-0.25, -0.2) is 0 Å². The Bertz CT molecular complexity index is 281. The van der Waals surface area contributed by atoms with Gasteiger partial charge in [-0.2, -0.15) is 0 Å². The number of nitrogens with zero attached hydrogens (tertiary/aromatic N) is 1. The molecule has 0 aromatic carbocycles. The van der Waals surface area contributed by atoms with Crippen molar-refractivity contribution in [3.05, 3.63) is 30.1 Å². The van der Waals surface area contributed by atoms with Crippen molar-refractivity contribution in [2.45, 2.75) is 18.3 Å². The minimum absolute atomic E-state index is 0.0960. The van der Waals surface area contributed by atoms with Crippen LogP contribution in [-0.2, 0) is 10.2 Å². The number of aromatic nitrogens is 1. The third-order valence-electron chi connectivity index (χ3n) is 3.05. The molecule has 1 aromatic heterocycles. The summed E-state index contributed by atoms with van der Waals surface area (Å²) in [7, 11) is 0. The lowest BCUT2D eigenvalue weighted by atomic mass is 9.75. The number of aliphatic hydroxyl groups is 1. The average Bonchev–Trinajstić information content (AvgIpc) is 2.31. The normalized spacial score (nSPS) is 20.6. The molecule has 0 bridgehead atoms. The van der Waals surface area contributed by atoms with Crippen molar-refractivity contribution in [1.82, 2.24) is 4.98 Å². The van der Waals surface area contributed by atoms with E-state index in [9.17, 15) is 5.11 Å². The zero-order valence-electron chi connectivity index (χ0n) is 8.15. The van der Waals surface area contributed by atoms with Crippen molar-refractivity contribution in [2.75, 3.05) is 19.8 Å². The van der Waals surface area contributed by atoms with Gasteiger partial charge in [-0.3, -0.25) is 4.98 Å². The van der Waals surface area contributed by atoms with Crippen LogP contribution in [0.25, 0.3) is 0 Å². The molecular weight excluding hydrogens is 178 g/mol. The summed E-state index contributed by atoms with van der Waals surface area (Å²) in [5.41, 5.74) is 1.08. The second kappa shape index (κ2) is 4.07. The van der Waals surface area contributed by atoms with E-state index in [-0.39, 0.29) is 12.0 Å². The molecule has 2 heterocycles. The zero-order chi connectivity index (χ0) is 9.86. The molecule has 14 heavy (non-hydrogen) atoms. The molecule has 1 saturated heterocycles. The number of ether oxygens (including phenoxy) is 1. The van der Waals surface area contributed by atoms with Crippen LogP contribution in [0.3, 0.4) is 0 Å². The Hall–Kier alpha value is -0.930. The van der Waals surface area contributed by atoms with Crippen molar-refractivity contribution in [3.63, 3.8) is 0 Å². The van der Waals surface area contributed by atoms with Gasteiger partial charge in [-0.05, 0) is 30.5 Å². The first-order chi connectivity index (χ1) is 6.87. The molecule has 0 radical (unpaired) electrons. The van der Waals surface area contributed by atoms with E-state index in [0.29, 0.717) is 0 Å². The number of aliphatic hydroxyl groups excluding tert-OH is 1. The molecule has 0 spiro atoms. The summed E-state index contributed by atoms with van der Waals surface area (Å²) in [6, 6.07) is 3.98. The lowest BCUT2D eigenvalue weighted by molar-refractivity contribution is 0.0253. The summed E-state index contributed by atoms with van der Waals surface area (Å²) in [5.74, 6) is 0. The molecule has 0 aliphatic carbocycles. The third-order valence-corrected chi connectivity index (χ3v) is 3.05. The van der Waals surface area contributed by atoms with E-state index in [1.54, 1.807) is 12.4 Å². The van der Waals surface area contributed by atoms with Crippen LogP contribution in [0.15, 0.2) is 24.5 Å². The van der Waals surface area contributed by atoms with Gasteiger partial charge in [0.2, 0.25) is 0 Å². The van der Waals surface area contributed by atoms with Crippen molar-refractivity contribution in [1.29, 1.82) is 0 Å². The zero-order valence-corrected chi connectivity index (χ0v) is 8.15. The SMILES string of the molecule is OCC1(c2ccncc2)CCOCC1. The Morgan fingerprint density at radius 1 is 1.29 bits per heavy atom. The lowest BCUT2D eigenvalue weighted by Gasteiger charge is -2.35. The Kier molecular flexibility index (Phi) is 2.79. The number of rotatable bonds is 2. The van der Waals surface area contributed by atoms with Gasteiger partial charge in [0.05, 0.1) is 6.61 Å². The maximum absolute atomic E-state index is 9.52. The largest absolute Gasteiger partial charge is 0.395 e. The van der Waals surface area contributed by atoms with Gasteiger partial charge in [0.1, 0.15) is 0 Å². The Morgan fingerprint density at radius 2 is 1.93 bits per heavy atom. The second-order valence-corrected chi connectivity index (χ2v) is 3.79. The van der Waals surface area contributed by atoms with Crippen molar-refractivity contribution < 1.29 is 9.84 Å². The van der Waals surface area contributed by atoms with Gasteiger partial charge in [0, 0.05) is 31.0 Å². The summed E-state index contributed by atoms with van der Waals surface area (Å²) in [5, 5.41) is 9.52. The monoisotopic (exact) mass is 193 g/mol.